The van der Waals surface area contributed by atoms with Crippen molar-refractivity contribution in [2.45, 2.75) is 38.6 Å². The SMILES string of the molecule is NCC1CCCCC1CN1CCc2sccc2C1. The lowest BCUT2D eigenvalue weighted by Gasteiger charge is -2.36. The first-order valence-electron chi connectivity index (χ1n) is 7.34. The molecule has 18 heavy (non-hydrogen) atoms. The zero-order valence-corrected chi connectivity index (χ0v) is 11.9. The van der Waals surface area contributed by atoms with E-state index in [-0.39, 0.29) is 0 Å². The van der Waals surface area contributed by atoms with E-state index in [1.807, 2.05) is 11.3 Å². The van der Waals surface area contributed by atoms with Gasteiger partial charge in [-0.25, -0.2) is 0 Å². The molecule has 2 heterocycles. The molecule has 2 N–H and O–H groups in total. The molecule has 2 nitrogen and oxygen atoms in total. The van der Waals surface area contributed by atoms with Crippen molar-refractivity contribution in [1.29, 1.82) is 0 Å². The minimum absolute atomic E-state index is 0.780. The number of rotatable bonds is 3. The average molecular weight is 264 g/mol. The summed E-state index contributed by atoms with van der Waals surface area (Å²) in [6.45, 7) is 4.59. The number of hydrogen-bond acceptors (Lipinski definition) is 3. The molecule has 100 valence electrons. The standard InChI is InChI=1S/C15H24N2S/c16-9-12-3-1-2-4-13(12)10-17-7-5-15-14(11-17)6-8-18-15/h6,8,12-13H,1-5,7,9-11,16H2. The van der Waals surface area contributed by atoms with Crippen LogP contribution in [0.4, 0.5) is 0 Å². The molecule has 0 aromatic carbocycles. The summed E-state index contributed by atoms with van der Waals surface area (Å²) in [4.78, 5) is 4.28. The highest BCUT2D eigenvalue weighted by molar-refractivity contribution is 7.10. The number of nitrogens with zero attached hydrogens (tertiary/aromatic N) is 1. The summed E-state index contributed by atoms with van der Waals surface area (Å²) < 4.78 is 0. The van der Waals surface area contributed by atoms with Crippen LogP contribution in [0.1, 0.15) is 36.1 Å². The van der Waals surface area contributed by atoms with Crippen molar-refractivity contribution >= 4 is 11.3 Å². The Bertz CT molecular complexity index is 388. The van der Waals surface area contributed by atoms with Gasteiger partial charge in [-0.2, -0.15) is 0 Å². The van der Waals surface area contributed by atoms with Crippen LogP contribution >= 0.6 is 11.3 Å². The summed E-state index contributed by atoms with van der Waals surface area (Å²) in [7, 11) is 0. The van der Waals surface area contributed by atoms with Gasteiger partial charge in [0.2, 0.25) is 0 Å². The van der Waals surface area contributed by atoms with E-state index >= 15 is 0 Å². The Morgan fingerprint density at radius 2 is 2.11 bits per heavy atom. The molecule has 2 aliphatic rings. The maximum Gasteiger partial charge on any atom is 0.0245 e. The van der Waals surface area contributed by atoms with Crippen LogP contribution in [-0.2, 0) is 13.0 Å². The second kappa shape index (κ2) is 5.72. The molecule has 0 amide bonds. The van der Waals surface area contributed by atoms with Gasteiger partial charge in [-0.3, -0.25) is 4.90 Å². The van der Waals surface area contributed by atoms with Crippen molar-refractivity contribution < 1.29 is 0 Å². The molecule has 3 rings (SSSR count). The van der Waals surface area contributed by atoms with Crippen LogP contribution < -0.4 is 5.73 Å². The molecule has 1 saturated carbocycles. The van der Waals surface area contributed by atoms with Gasteiger partial charge in [-0.1, -0.05) is 12.8 Å². The van der Waals surface area contributed by atoms with E-state index in [4.69, 9.17) is 5.73 Å². The predicted octanol–water partition coefficient (Wildman–Crippen LogP) is 2.87. The largest absolute Gasteiger partial charge is 0.330 e. The molecule has 2 atom stereocenters. The molecule has 0 radical (unpaired) electrons. The van der Waals surface area contributed by atoms with Gasteiger partial charge in [0.25, 0.3) is 0 Å². The summed E-state index contributed by atoms with van der Waals surface area (Å²) in [5.41, 5.74) is 7.52. The Morgan fingerprint density at radius 1 is 1.28 bits per heavy atom. The first-order chi connectivity index (χ1) is 8.86. The average Bonchev–Trinajstić information content (AvgIpc) is 2.87. The van der Waals surface area contributed by atoms with Crippen molar-refractivity contribution in [2.24, 2.45) is 17.6 Å². The first-order valence-corrected chi connectivity index (χ1v) is 8.22. The topological polar surface area (TPSA) is 29.3 Å². The lowest BCUT2D eigenvalue weighted by molar-refractivity contribution is 0.145. The lowest BCUT2D eigenvalue weighted by Crippen LogP contribution is -2.39. The van der Waals surface area contributed by atoms with Gasteiger partial charge in [-0.05, 0) is 54.7 Å². The molecular formula is C15H24N2S. The third-order valence-electron chi connectivity index (χ3n) is 4.75. The highest BCUT2D eigenvalue weighted by Crippen LogP contribution is 2.32. The Morgan fingerprint density at radius 3 is 2.94 bits per heavy atom. The number of fused-ring (bicyclic) bond motifs is 1. The van der Waals surface area contributed by atoms with Gasteiger partial charge in [0.15, 0.2) is 0 Å². The quantitative estimate of drug-likeness (QED) is 0.909. The van der Waals surface area contributed by atoms with E-state index in [0.717, 1.165) is 18.4 Å². The van der Waals surface area contributed by atoms with Crippen molar-refractivity contribution in [2.75, 3.05) is 19.6 Å². The van der Waals surface area contributed by atoms with Crippen LogP contribution in [0.3, 0.4) is 0 Å². The third kappa shape index (κ3) is 2.63. The van der Waals surface area contributed by atoms with Crippen molar-refractivity contribution in [3.05, 3.63) is 21.9 Å². The molecule has 0 bridgehead atoms. The second-order valence-corrected chi connectivity index (χ2v) is 6.90. The molecule has 2 unspecified atom stereocenters. The molecule has 1 aromatic heterocycles. The van der Waals surface area contributed by atoms with Gasteiger partial charge in [0.05, 0.1) is 0 Å². The fourth-order valence-electron chi connectivity index (χ4n) is 3.63. The summed E-state index contributed by atoms with van der Waals surface area (Å²) in [5, 5.41) is 2.25. The monoisotopic (exact) mass is 264 g/mol. The van der Waals surface area contributed by atoms with Crippen LogP contribution in [0.5, 0.6) is 0 Å². The molecular weight excluding hydrogens is 240 g/mol. The first kappa shape index (κ1) is 12.6. The fraction of sp³-hybridized carbons (Fsp3) is 0.733. The van der Waals surface area contributed by atoms with Crippen LogP contribution in [0.15, 0.2) is 11.4 Å². The Kier molecular flexibility index (Phi) is 4.02. The highest BCUT2D eigenvalue weighted by Gasteiger charge is 2.27. The second-order valence-electron chi connectivity index (χ2n) is 5.89. The van der Waals surface area contributed by atoms with Crippen molar-refractivity contribution in [1.82, 2.24) is 4.90 Å². The fourth-order valence-corrected chi connectivity index (χ4v) is 4.52. The zero-order chi connectivity index (χ0) is 12.4. The van der Waals surface area contributed by atoms with Gasteiger partial charge < -0.3 is 5.73 Å². The normalized spacial score (nSPS) is 29.2. The number of nitrogens with two attached hydrogens (primary N) is 1. The van der Waals surface area contributed by atoms with Gasteiger partial charge in [0, 0.05) is 24.5 Å². The number of hydrogen-bond donors (Lipinski definition) is 1. The van der Waals surface area contributed by atoms with E-state index in [2.05, 4.69) is 16.3 Å². The predicted molar refractivity (Wildman–Crippen MR) is 77.8 cm³/mol. The van der Waals surface area contributed by atoms with Crippen LogP contribution in [0, 0.1) is 11.8 Å². The van der Waals surface area contributed by atoms with Crippen LogP contribution in [0.2, 0.25) is 0 Å². The van der Waals surface area contributed by atoms with E-state index in [1.54, 1.807) is 10.4 Å². The Hall–Kier alpha value is -0.380. The Labute approximate surface area is 114 Å². The van der Waals surface area contributed by atoms with Crippen LogP contribution in [0.25, 0.3) is 0 Å². The zero-order valence-electron chi connectivity index (χ0n) is 11.1. The molecule has 1 aliphatic carbocycles. The van der Waals surface area contributed by atoms with Gasteiger partial charge >= 0.3 is 0 Å². The summed E-state index contributed by atoms with van der Waals surface area (Å²) in [6.07, 6.45) is 6.83. The third-order valence-corrected chi connectivity index (χ3v) is 5.77. The number of thiophene rings is 1. The highest BCUT2D eigenvalue weighted by atomic mass is 32.1. The molecule has 1 aliphatic heterocycles. The van der Waals surface area contributed by atoms with E-state index in [1.165, 1.54) is 51.7 Å². The lowest BCUT2D eigenvalue weighted by atomic mass is 9.79. The van der Waals surface area contributed by atoms with Crippen molar-refractivity contribution in [3.63, 3.8) is 0 Å². The molecule has 0 spiro atoms. The smallest absolute Gasteiger partial charge is 0.0245 e. The maximum absolute atomic E-state index is 5.94. The molecule has 0 saturated heterocycles. The molecule has 3 heteroatoms. The maximum atomic E-state index is 5.94. The summed E-state index contributed by atoms with van der Waals surface area (Å²) in [6, 6.07) is 2.31. The van der Waals surface area contributed by atoms with Crippen molar-refractivity contribution in [3.8, 4) is 0 Å². The summed E-state index contributed by atoms with van der Waals surface area (Å²) >= 11 is 1.93. The summed E-state index contributed by atoms with van der Waals surface area (Å²) in [5.74, 6) is 1.63. The van der Waals surface area contributed by atoms with E-state index in [0.29, 0.717) is 0 Å². The van der Waals surface area contributed by atoms with Crippen LogP contribution in [-0.4, -0.2) is 24.5 Å². The minimum Gasteiger partial charge on any atom is -0.330 e. The molecule has 1 aromatic rings. The Balaban J connectivity index is 1.60. The van der Waals surface area contributed by atoms with E-state index in [9.17, 15) is 0 Å². The van der Waals surface area contributed by atoms with E-state index < -0.39 is 0 Å². The molecule has 1 fully saturated rings. The minimum atomic E-state index is 0.780. The van der Waals surface area contributed by atoms with Gasteiger partial charge in [0.1, 0.15) is 0 Å². The van der Waals surface area contributed by atoms with Gasteiger partial charge in [-0.15, -0.1) is 11.3 Å².